The molecule has 0 unspecified atom stereocenters. The van der Waals surface area contributed by atoms with E-state index in [-0.39, 0.29) is 17.2 Å². The minimum Gasteiger partial charge on any atom is -0.497 e. The SMILES string of the molecule is COc1ccc(C(=O)Nc2ccccc2NC(=O)c2cccc([N+](=O)[O-])c2)cc1. The van der Waals surface area contributed by atoms with Crippen LogP contribution in [0.15, 0.2) is 72.8 Å². The lowest BCUT2D eigenvalue weighted by atomic mass is 10.1. The van der Waals surface area contributed by atoms with E-state index < -0.39 is 10.8 Å². The van der Waals surface area contributed by atoms with Gasteiger partial charge in [0.2, 0.25) is 0 Å². The van der Waals surface area contributed by atoms with Crippen molar-refractivity contribution in [1.29, 1.82) is 0 Å². The number of carbonyl (C=O) groups is 2. The van der Waals surface area contributed by atoms with Crippen molar-refractivity contribution in [2.75, 3.05) is 17.7 Å². The number of hydrogen-bond acceptors (Lipinski definition) is 5. The van der Waals surface area contributed by atoms with Crippen LogP contribution in [0, 0.1) is 10.1 Å². The maximum atomic E-state index is 12.5. The van der Waals surface area contributed by atoms with E-state index >= 15 is 0 Å². The number of benzene rings is 3. The quantitative estimate of drug-likeness (QED) is 0.485. The second-order valence-electron chi connectivity index (χ2n) is 5.99. The number of anilines is 2. The molecule has 0 spiro atoms. The molecule has 0 saturated heterocycles. The van der Waals surface area contributed by atoms with E-state index in [9.17, 15) is 19.7 Å². The monoisotopic (exact) mass is 391 g/mol. The largest absolute Gasteiger partial charge is 0.497 e. The number of nitrogens with zero attached hydrogens (tertiary/aromatic N) is 1. The van der Waals surface area contributed by atoms with Crippen LogP contribution in [0.3, 0.4) is 0 Å². The molecule has 146 valence electrons. The molecule has 8 nitrogen and oxygen atoms in total. The lowest BCUT2D eigenvalue weighted by molar-refractivity contribution is -0.384. The molecule has 0 aliphatic rings. The molecule has 0 radical (unpaired) electrons. The first-order valence-electron chi connectivity index (χ1n) is 8.58. The minimum absolute atomic E-state index is 0.135. The Balaban J connectivity index is 1.78. The zero-order valence-corrected chi connectivity index (χ0v) is 15.4. The maximum Gasteiger partial charge on any atom is 0.270 e. The van der Waals surface area contributed by atoms with Crippen LogP contribution in [0.2, 0.25) is 0 Å². The molecule has 3 aromatic rings. The van der Waals surface area contributed by atoms with Gasteiger partial charge in [-0.05, 0) is 42.5 Å². The highest BCUT2D eigenvalue weighted by atomic mass is 16.6. The summed E-state index contributed by atoms with van der Waals surface area (Å²) < 4.78 is 5.07. The summed E-state index contributed by atoms with van der Waals surface area (Å²) in [6, 6.07) is 18.7. The molecule has 0 bridgehead atoms. The van der Waals surface area contributed by atoms with Gasteiger partial charge in [0.05, 0.1) is 23.4 Å². The number of ether oxygens (including phenoxy) is 1. The molecule has 0 aliphatic heterocycles. The average molecular weight is 391 g/mol. The second-order valence-corrected chi connectivity index (χ2v) is 5.99. The van der Waals surface area contributed by atoms with Gasteiger partial charge in [-0.25, -0.2) is 0 Å². The standard InChI is InChI=1S/C21H17N3O5/c1-29-17-11-9-14(10-12-17)20(25)22-18-7-2-3-8-19(18)23-21(26)15-5-4-6-16(13-15)24(27)28/h2-13H,1H3,(H,22,25)(H,23,26). The van der Waals surface area contributed by atoms with Crippen LogP contribution in [0.5, 0.6) is 5.75 Å². The second kappa shape index (κ2) is 8.66. The van der Waals surface area contributed by atoms with Crippen LogP contribution in [-0.2, 0) is 0 Å². The van der Waals surface area contributed by atoms with Crippen LogP contribution < -0.4 is 15.4 Å². The van der Waals surface area contributed by atoms with Crippen LogP contribution in [0.25, 0.3) is 0 Å². The van der Waals surface area contributed by atoms with Gasteiger partial charge >= 0.3 is 0 Å². The molecule has 2 N–H and O–H groups in total. The molecule has 8 heteroatoms. The molecule has 0 aliphatic carbocycles. The van der Waals surface area contributed by atoms with Crippen LogP contribution in [0.1, 0.15) is 20.7 Å². The number of nitro groups is 1. The van der Waals surface area contributed by atoms with Gasteiger partial charge in [-0.15, -0.1) is 0 Å². The van der Waals surface area contributed by atoms with Crippen molar-refractivity contribution in [2.24, 2.45) is 0 Å². The summed E-state index contributed by atoms with van der Waals surface area (Å²) in [5, 5.41) is 16.3. The van der Waals surface area contributed by atoms with Crippen molar-refractivity contribution in [3.63, 3.8) is 0 Å². The van der Waals surface area contributed by atoms with Crippen molar-refractivity contribution in [1.82, 2.24) is 0 Å². The van der Waals surface area contributed by atoms with Gasteiger partial charge in [0.25, 0.3) is 17.5 Å². The van der Waals surface area contributed by atoms with E-state index in [1.54, 1.807) is 48.5 Å². The van der Waals surface area contributed by atoms with E-state index in [1.807, 2.05) is 0 Å². The predicted molar refractivity (Wildman–Crippen MR) is 108 cm³/mol. The van der Waals surface area contributed by atoms with E-state index in [0.29, 0.717) is 22.7 Å². The van der Waals surface area contributed by atoms with Gasteiger partial charge in [0.15, 0.2) is 0 Å². The van der Waals surface area contributed by atoms with E-state index in [0.717, 1.165) is 0 Å². The Morgan fingerprint density at radius 3 is 1.97 bits per heavy atom. The number of methoxy groups -OCH3 is 1. The smallest absolute Gasteiger partial charge is 0.270 e. The summed E-state index contributed by atoms with van der Waals surface area (Å²) in [4.78, 5) is 35.3. The van der Waals surface area contributed by atoms with E-state index in [1.165, 1.54) is 31.4 Å². The third-order valence-corrected chi connectivity index (χ3v) is 4.09. The molecule has 0 heterocycles. The Labute approximate surface area is 166 Å². The topological polar surface area (TPSA) is 111 Å². The molecular weight excluding hydrogens is 374 g/mol. The molecule has 3 rings (SSSR count). The fourth-order valence-corrected chi connectivity index (χ4v) is 2.59. The maximum absolute atomic E-state index is 12.5. The van der Waals surface area contributed by atoms with Gasteiger partial charge in [0, 0.05) is 23.3 Å². The number of rotatable bonds is 6. The summed E-state index contributed by atoms with van der Waals surface area (Å²) in [5.74, 6) is -0.254. The molecule has 0 fully saturated rings. The Bertz CT molecular complexity index is 1060. The zero-order valence-electron chi connectivity index (χ0n) is 15.4. The summed E-state index contributed by atoms with van der Waals surface area (Å²) in [7, 11) is 1.54. The first-order valence-corrected chi connectivity index (χ1v) is 8.58. The van der Waals surface area contributed by atoms with Crippen LogP contribution >= 0.6 is 0 Å². The normalized spacial score (nSPS) is 10.1. The highest BCUT2D eigenvalue weighted by molar-refractivity contribution is 6.10. The third-order valence-electron chi connectivity index (χ3n) is 4.09. The first kappa shape index (κ1) is 19.6. The molecule has 2 amide bonds. The average Bonchev–Trinajstić information content (AvgIpc) is 2.75. The van der Waals surface area contributed by atoms with Crippen molar-refractivity contribution < 1.29 is 19.2 Å². The third kappa shape index (κ3) is 4.75. The zero-order chi connectivity index (χ0) is 20.8. The van der Waals surface area contributed by atoms with Crippen LogP contribution in [0.4, 0.5) is 17.1 Å². The highest BCUT2D eigenvalue weighted by Crippen LogP contribution is 2.23. The number of para-hydroxylation sites is 2. The molecule has 29 heavy (non-hydrogen) atoms. The Hall–Kier alpha value is -4.20. The Morgan fingerprint density at radius 2 is 1.41 bits per heavy atom. The number of nitrogens with one attached hydrogen (secondary N) is 2. The number of non-ortho nitro benzene ring substituents is 1. The van der Waals surface area contributed by atoms with Crippen molar-refractivity contribution in [2.45, 2.75) is 0 Å². The molecule has 0 saturated carbocycles. The molecular formula is C21H17N3O5. The fraction of sp³-hybridized carbons (Fsp3) is 0.0476. The van der Waals surface area contributed by atoms with Gasteiger partial charge in [-0.1, -0.05) is 18.2 Å². The molecule has 0 atom stereocenters. The predicted octanol–water partition coefficient (Wildman–Crippen LogP) is 4.11. The van der Waals surface area contributed by atoms with Crippen LogP contribution in [-0.4, -0.2) is 23.8 Å². The van der Waals surface area contributed by atoms with Crippen molar-refractivity contribution >= 4 is 28.9 Å². The lowest BCUT2D eigenvalue weighted by Gasteiger charge is -2.12. The highest BCUT2D eigenvalue weighted by Gasteiger charge is 2.14. The van der Waals surface area contributed by atoms with Gasteiger partial charge < -0.3 is 15.4 Å². The lowest BCUT2D eigenvalue weighted by Crippen LogP contribution is -2.16. The number of nitro benzene ring substituents is 1. The Morgan fingerprint density at radius 1 is 0.828 bits per heavy atom. The summed E-state index contributed by atoms with van der Waals surface area (Å²) in [5.41, 5.74) is 1.14. The van der Waals surface area contributed by atoms with Gasteiger partial charge in [-0.2, -0.15) is 0 Å². The summed E-state index contributed by atoms with van der Waals surface area (Å²) in [6.07, 6.45) is 0. The summed E-state index contributed by atoms with van der Waals surface area (Å²) >= 11 is 0. The number of carbonyl (C=O) groups excluding carboxylic acids is 2. The summed E-state index contributed by atoms with van der Waals surface area (Å²) in [6.45, 7) is 0. The Kier molecular flexibility index (Phi) is 5.84. The van der Waals surface area contributed by atoms with Crippen molar-refractivity contribution in [3.05, 3.63) is 94.0 Å². The number of amides is 2. The molecule has 3 aromatic carbocycles. The van der Waals surface area contributed by atoms with Gasteiger partial charge in [-0.3, -0.25) is 19.7 Å². The van der Waals surface area contributed by atoms with Crippen molar-refractivity contribution in [3.8, 4) is 5.75 Å². The first-order chi connectivity index (χ1) is 14.0. The number of hydrogen-bond donors (Lipinski definition) is 2. The minimum atomic E-state index is -0.570. The fourth-order valence-electron chi connectivity index (χ4n) is 2.59. The van der Waals surface area contributed by atoms with E-state index in [4.69, 9.17) is 4.74 Å². The molecule has 0 aromatic heterocycles. The van der Waals surface area contributed by atoms with E-state index in [2.05, 4.69) is 10.6 Å². The van der Waals surface area contributed by atoms with Gasteiger partial charge in [0.1, 0.15) is 5.75 Å².